The summed E-state index contributed by atoms with van der Waals surface area (Å²) in [6.45, 7) is 9.95. The summed E-state index contributed by atoms with van der Waals surface area (Å²) in [4.78, 5) is 2.46. The van der Waals surface area contributed by atoms with Gasteiger partial charge in [-0.15, -0.1) is 0 Å². The predicted octanol–water partition coefficient (Wildman–Crippen LogP) is 2.09. The molecule has 0 heterocycles. The minimum absolute atomic E-state index is 0.309. The zero-order chi connectivity index (χ0) is 10.9. The summed E-state index contributed by atoms with van der Waals surface area (Å²) in [5, 5.41) is 0. The molecule has 0 bridgehead atoms. The van der Waals surface area contributed by atoms with Gasteiger partial charge in [-0.3, -0.25) is 4.90 Å². The fourth-order valence-electron chi connectivity index (χ4n) is 2.53. The van der Waals surface area contributed by atoms with Crippen LogP contribution in [0.2, 0.25) is 0 Å². The van der Waals surface area contributed by atoms with Gasteiger partial charge in [-0.25, -0.2) is 0 Å². The summed E-state index contributed by atoms with van der Waals surface area (Å²) in [5.74, 6) is 1.70. The first-order chi connectivity index (χ1) is 6.43. The van der Waals surface area contributed by atoms with Gasteiger partial charge in [0, 0.05) is 18.1 Å². The van der Waals surface area contributed by atoms with E-state index in [1.807, 2.05) is 0 Å². The van der Waals surface area contributed by atoms with E-state index in [0.29, 0.717) is 11.6 Å². The lowest BCUT2D eigenvalue weighted by atomic mass is 9.63. The Morgan fingerprint density at radius 3 is 2.07 bits per heavy atom. The van der Waals surface area contributed by atoms with Gasteiger partial charge in [0.2, 0.25) is 0 Å². The number of nitrogens with two attached hydrogens (primary N) is 1. The van der Waals surface area contributed by atoms with Gasteiger partial charge in [-0.2, -0.15) is 0 Å². The van der Waals surface area contributed by atoms with Crippen molar-refractivity contribution >= 4 is 0 Å². The summed E-state index contributed by atoms with van der Waals surface area (Å²) in [5.41, 5.74) is 6.24. The van der Waals surface area contributed by atoms with Crippen LogP contribution in [-0.2, 0) is 0 Å². The van der Waals surface area contributed by atoms with E-state index >= 15 is 0 Å². The lowest BCUT2D eigenvalue weighted by Gasteiger charge is -2.55. The summed E-state index contributed by atoms with van der Waals surface area (Å²) in [6, 6.07) is 0.603. The zero-order valence-electron chi connectivity index (χ0n) is 10.4. The fraction of sp³-hybridized carbons (Fsp3) is 1.00. The van der Waals surface area contributed by atoms with E-state index in [4.69, 9.17) is 5.73 Å². The largest absolute Gasteiger partial charge is 0.329 e. The van der Waals surface area contributed by atoms with Crippen LogP contribution in [0.4, 0.5) is 0 Å². The van der Waals surface area contributed by atoms with Crippen molar-refractivity contribution in [2.45, 2.75) is 52.1 Å². The lowest BCUT2D eigenvalue weighted by Crippen LogP contribution is -2.62. The molecule has 1 saturated carbocycles. The Morgan fingerprint density at radius 1 is 1.29 bits per heavy atom. The van der Waals surface area contributed by atoms with Crippen LogP contribution in [0.3, 0.4) is 0 Å². The van der Waals surface area contributed by atoms with Gasteiger partial charge in [0.1, 0.15) is 0 Å². The number of hydrogen-bond acceptors (Lipinski definition) is 2. The van der Waals surface area contributed by atoms with Gasteiger partial charge in [0.15, 0.2) is 0 Å². The zero-order valence-corrected chi connectivity index (χ0v) is 10.4. The van der Waals surface area contributed by atoms with Gasteiger partial charge in [-0.05, 0) is 45.6 Å². The van der Waals surface area contributed by atoms with E-state index in [-0.39, 0.29) is 0 Å². The van der Waals surface area contributed by atoms with Crippen LogP contribution in [0.15, 0.2) is 0 Å². The average molecular weight is 198 g/mol. The molecule has 0 spiro atoms. The Morgan fingerprint density at radius 2 is 1.79 bits per heavy atom. The second kappa shape index (κ2) is 4.19. The molecule has 14 heavy (non-hydrogen) atoms. The Hall–Kier alpha value is -0.0800. The highest BCUT2D eigenvalue weighted by molar-refractivity contribution is 5.03. The lowest BCUT2D eigenvalue weighted by molar-refractivity contribution is -0.0358. The molecule has 1 fully saturated rings. The average Bonchev–Trinajstić information content (AvgIpc) is 2.02. The van der Waals surface area contributed by atoms with Crippen molar-refractivity contribution in [2.24, 2.45) is 17.6 Å². The third-order valence-corrected chi connectivity index (χ3v) is 4.13. The molecule has 2 N–H and O–H groups in total. The first-order valence-electron chi connectivity index (χ1n) is 5.86. The van der Waals surface area contributed by atoms with Crippen molar-refractivity contribution < 1.29 is 0 Å². The Labute approximate surface area is 88.8 Å². The highest BCUT2D eigenvalue weighted by Crippen LogP contribution is 2.45. The maximum absolute atomic E-state index is 5.93. The molecule has 0 saturated heterocycles. The fourth-order valence-corrected chi connectivity index (χ4v) is 2.53. The van der Waals surface area contributed by atoms with E-state index < -0.39 is 0 Å². The Bertz CT molecular complexity index is 181. The molecule has 2 heteroatoms. The van der Waals surface area contributed by atoms with E-state index in [1.54, 1.807) is 0 Å². The Kier molecular flexibility index (Phi) is 3.59. The molecule has 1 aliphatic rings. The smallest absolute Gasteiger partial charge is 0.0336 e. The number of hydrogen-bond donors (Lipinski definition) is 1. The van der Waals surface area contributed by atoms with E-state index in [0.717, 1.165) is 18.4 Å². The van der Waals surface area contributed by atoms with Gasteiger partial charge >= 0.3 is 0 Å². The summed E-state index contributed by atoms with van der Waals surface area (Å²) in [7, 11) is 2.22. The molecule has 0 amide bonds. The maximum atomic E-state index is 5.93. The van der Waals surface area contributed by atoms with Crippen LogP contribution in [0.5, 0.6) is 0 Å². The minimum atomic E-state index is 0.309. The van der Waals surface area contributed by atoms with E-state index in [9.17, 15) is 0 Å². The molecule has 0 aromatic carbocycles. The molecular weight excluding hydrogens is 172 g/mol. The van der Waals surface area contributed by atoms with Crippen molar-refractivity contribution in [2.75, 3.05) is 13.6 Å². The van der Waals surface area contributed by atoms with Crippen LogP contribution in [0.1, 0.15) is 40.5 Å². The number of nitrogens with zero attached hydrogens (tertiary/aromatic N) is 1. The quantitative estimate of drug-likeness (QED) is 0.749. The highest BCUT2D eigenvalue weighted by Gasteiger charge is 2.47. The standard InChI is InChI=1S/C12H26N2/c1-9(2)11-6-12(7-11,8-13)14(5)10(3)4/h9-11H,6-8,13H2,1-5H3. The van der Waals surface area contributed by atoms with Crippen molar-refractivity contribution in [3.05, 3.63) is 0 Å². The third kappa shape index (κ3) is 1.96. The number of rotatable bonds is 4. The van der Waals surface area contributed by atoms with Gasteiger partial charge in [0.05, 0.1) is 0 Å². The van der Waals surface area contributed by atoms with Crippen molar-refractivity contribution in [3.63, 3.8) is 0 Å². The van der Waals surface area contributed by atoms with Crippen LogP contribution >= 0.6 is 0 Å². The summed E-state index contributed by atoms with van der Waals surface area (Å²) < 4.78 is 0. The highest BCUT2D eigenvalue weighted by atomic mass is 15.2. The first-order valence-corrected chi connectivity index (χ1v) is 5.86. The number of likely N-dealkylation sites (N-methyl/N-ethyl adjacent to an activating group) is 1. The van der Waals surface area contributed by atoms with E-state index in [1.165, 1.54) is 12.8 Å². The van der Waals surface area contributed by atoms with Gasteiger partial charge in [0.25, 0.3) is 0 Å². The third-order valence-electron chi connectivity index (χ3n) is 4.13. The molecule has 84 valence electrons. The molecule has 0 atom stereocenters. The molecule has 0 radical (unpaired) electrons. The molecule has 0 aromatic heterocycles. The van der Waals surface area contributed by atoms with Crippen molar-refractivity contribution in [1.82, 2.24) is 4.90 Å². The summed E-state index contributed by atoms with van der Waals surface area (Å²) >= 11 is 0. The SMILES string of the molecule is CC(C)C1CC(CN)(N(C)C(C)C)C1. The molecule has 0 aliphatic heterocycles. The first kappa shape index (κ1) is 12.0. The van der Waals surface area contributed by atoms with E-state index in [2.05, 4.69) is 39.6 Å². The predicted molar refractivity (Wildman–Crippen MR) is 62.2 cm³/mol. The second-order valence-corrected chi connectivity index (χ2v) is 5.55. The normalized spacial score (nSPS) is 32.8. The minimum Gasteiger partial charge on any atom is -0.329 e. The molecular formula is C12H26N2. The maximum Gasteiger partial charge on any atom is 0.0336 e. The van der Waals surface area contributed by atoms with Crippen LogP contribution in [0.25, 0.3) is 0 Å². The molecule has 0 unspecified atom stereocenters. The topological polar surface area (TPSA) is 29.3 Å². The van der Waals surface area contributed by atoms with Gasteiger partial charge < -0.3 is 5.73 Å². The van der Waals surface area contributed by atoms with Crippen molar-refractivity contribution in [3.8, 4) is 0 Å². The van der Waals surface area contributed by atoms with Crippen LogP contribution in [0, 0.1) is 11.8 Å². The summed E-state index contributed by atoms with van der Waals surface area (Å²) in [6.07, 6.45) is 2.58. The van der Waals surface area contributed by atoms with Gasteiger partial charge in [-0.1, -0.05) is 13.8 Å². The Balaban J connectivity index is 2.56. The van der Waals surface area contributed by atoms with Crippen LogP contribution in [-0.4, -0.2) is 30.1 Å². The molecule has 0 aromatic rings. The molecule has 1 rings (SSSR count). The van der Waals surface area contributed by atoms with Crippen LogP contribution < -0.4 is 5.73 Å². The van der Waals surface area contributed by atoms with Crippen molar-refractivity contribution in [1.29, 1.82) is 0 Å². The second-order valence-electron chi connectivity index (χ2n) is 5.55. The monoisotopic (exact) mass is 198 g/mol. The molecule has 1 aliphatic carbocycles. The molecule has 2 nitrogen and oxygen atoms in total.